The molecule has 2 nitrogen and oxygen atoms in total. The van der Waals surface area contributed by atoms with Crippen molar-refractivity contribution in [2.24, 2.45) is 5.41 Å². The van der Waals surface area contributed by atoms with E-state index in [4.69, 9.17) is 0 Å². The maximum absolute atomic E-state index is 3.54. The van der Waals surface area contributed by atoms with Crippen molar-refractivity contribution in [1.82, 2.24) is 10.2 Å². The van der Waals surface area contributed by atoms with E-state index in [2.05, 4.69) is 64.3 Å². The van der Waals surface area contributed by atoms with Crippen LogP contribution < -0.4 is 5.32 Å². The molecule has 4 heteroatoms. The molecule has 0 bridgehead atoms. The summed E-state index contributed by atoms with van der Waals surface area (Å²) in [6.07, 6.45) is 1.29. The topological polar surface area (TPSA) is 15.3 Å². The van der Waals surface area contributed by atoms with Crippen LogP contribution in [0, 0.1) is 5.41 Å². The van der Waals surface area contributed by atoms with Gasteiger partial charge in [-0.05, 0) is 42.6 Å². The third kappa shape index (κ3) is 5.07. The Morgan fingerprint density at radius 1 is 1.42 bits per heavy atom. The number of nitrogens with zero attached hydrogens (tertiary/aromatic N) is 1. The summed E-state index contributed by atoms with van der Waals surface area (Å²) < 4.78 is 1.17. The Morgan fingerprint density at radius 2 is 2.21 bits per heavy atom. The smallest absolute Gasteiger partial charge is 0.0234 e. The molecule has 0 amide bonds. The van der Waals surface area contributed by atoms with Gasteiger partial charge in [-0.25, -0.2) is 0 Å². The first-order valence-corrected chi connectivity index (χ1v) is 7.58. The van der Waals surface area contributed by atoms with Crippen LogP contribution in [0.2, 0.25) is 0 Å². The zero-order valence-electron chi connectivity index (χ0n) is 11.8. The molecule has 1 fully saturated rings. The van der Waals surface area contributed by atoms with Crippen LogP contribution in [0.5, 0.6) is 0 Å². The van der Waals surface area contributed by atoms with Gasteiger partial charge >= 0.3 is 0 Å². The fourth-order valence-electron chi connectivity index (χ4n) is 2.72. The van der Waals surface area contributed by atoms with E-state index in [1.165, 1.54) is 29.5 Å². The summed E-state index contributed by atoms with van der Waals surface area (Å²) in [5, 5.41) is 3.48. The second-order valence-electron chi connectivity index (χ2n) is 5.67. The first kappa shape index (κ1) is 17.0. The molecule has 1 aromatic carbocycles. The van der Waals surface area contributed by atoms with Crippen molar-refractivity contribution in [3.05, 3.63) is 34.3 Å². The fourth-order valence-corrected chi connectivity index (χ4v) is 3.16. The molecule has 1 unspecified atom stereocenters. The Hall–Kier alpha value is -0.0900. The Kier molecular flexibility index (Phi) is 6.81. The molecule has 0 aliphatic carbocycles. The lowest BCUT2D eigenvalue weighted by Crippen LogP contribution is -2.37. The first-order valence-electron chi connectivity index (χ1n) is 6.79. The molecule has 0 saturated carbocycles. The zero-order chi connectivity index (χ0) is 13.0. The van der Waals surface area contributed by atoms with E-state index in [1.807, 2.05) is 0 Å². The largest absolute Gasteiger partial charge is 0.316 e. The molecule has 1 N–H and O–H groups in total. The van der Waals surface area contributed by atoms with Crippen LogP contribution in [0.15, 0.2) is 28.7 Å². The Balaban J connectivity index is 0.00000180. The molecule has 2 rings (SSSR count). The van der Waals surface area contributed by atoms with Crippen LogP contribution in [0.25, 0.3) is 0 Å². The first-order chi connectivity index (χ1) is 8.61. The summed E-state index contributed by atoms with van der Waals surface area (Å²) in [7, 11) is 0. The normalized spacial score (nSPS) is 22.5. The van der Waals surface area contributed by atoms with E-state index in [-0.39, 0.29) is 12.4 Å². The number of hydrogen-bond acceptors (Lipinski definition) is 2. The predicted molar refractivity (Wildman–Crippen MR) is 87.9 cm³/mol. The highest BCUT2D eigenvalue weighted by molar-refractivity contribution is 9.10. The van der Waals surface area contributed by atoms with Crippen molar-refractivity contribution in [2.45, 2.75) is 26.8 Å². The van der Waals surface area contributed by atoms with Crippen LogP contribution in [0.1, 0.15) is 25.8 Å². The minimum atomic E-state index is 0. The molecule has 1 saturated heterocycles. The van der Waals surface area contributed by atoms with Gasteiger partial charge in [0.2, 0.25) is 0 Å². The Labute approximate surface area is 131 Å². The van der Waals surface area contributed by atoms with Gasteiger partial charge in [0.15, 0.2) is 0 Å². The SMILES string of the molecule is CCN(Cc1cccc(Br)c1)CC1(C)CCNC1.Cl. The van der Waals surface area contributed by atoms with E-state index >= 15 is 0 Å². The van der Waals surface area contributed by atoms with Gasteiger partial charge in [0.1, 0.15) is 0 Å². The second-order valence-corrected chi connectivity index (χ2v) is 6.59. The van der Waals surface area contributed by atoms with Crippen molar-refractivity contribution in [1.29, 1.82) is 0 Å². The van der Waals surface area contributed by atoms with Crippen molar-refractivity contribution >= 4 is 28.3 Å². The molecule has 1 heterocycles. The molecular weight excluding hydrogens is 324 g/mol. The standard InChI is InChI=1S/C15H23BrN2.ClH/c1-3-18(12-15(2)7-8-17-11-15)10-13-5-4-6-14(16)9-13;/h4-6,9,17H,3,7-8,10-12H2,1-2H3;1H. The van der Waals surface area contributed by atoms with E-state index in [1.54, 1.807) is 0 Å². The molecular formula is C15H24BrClN2. The summed E-state index contributed by atoms with van der Waals surface area (Å²) in [4.78, 5) is 2.55. The number of halogens is 2. The highest BCUT2D eigenvalue weighted by Crippen LogP contribution is 2.26. The van der Waals surface area contributed by atoms with Crippen molar-refractivity contribution in [3.8, 4) is 0 Å². The summed E-state index contributed by atoms with van der Waals surface area (Å²) >= 11 is 3.54. The van der Waals surface area contributed by atoms with Gasteiger partial charge in [0.05, 0.1) is 0 Å². The summed E-state index contributed by atoms with van der Waals surface area (Å²) in [6.45, 7) is 10.3. The number of hydrogen-bond donors (Lipinski definition) is 1. The van der Waals surface area contributed by atoms with Crippen LogP contribution in [0.3, 0.4) is 0 Å². The molecule has 1 aromatic rings. The van der Waals surface area contributed by atoms with Gasteiger partial charge in [0, 0.05) is 24.1 Å². The zero-order valence-corrected chi connectivity index (χ0v) is 14.2. The number of nitrogens with one attached hydrogen (secondary N) is 1. The molecule has 19 heavy (non-hydrogen) atoms. The van der Waals surface area contributed by atoms with E-state index in [0.717, 1.165) is 19.6 Å². The quantitative estimate of drug-likeness (QED) is 0.874. The van der Waals surface area contributed by atoms with Crippen molar-refractivity contribution in [3.63, 3.8) is 0 Å². The maximum Gasteiger partial charge on any atom is 0.0234 e. The highest BCUT2D eigenvalue weighted by Gasteiger charge is 2.30. The fraction of sp³-hybridized carbons (Fsp3) is 0.600. The summed E-state index contributed by atoms with van der Waals surface area (Å²) in [6, 6.07) is 8.63. The number of benzene rings is 1. The van der Waals surface area contributed by atoms with E-state index in [9.17, 15) is 0 Å². The van der Waals surface area contributed by atoms with Crippen LogP contribution in [-0.2, 0) is 6.54 Å². The molecule has 0 aromatic heterocycles. The van der Waals surface area contributed by atoms with Crippen LogP contribution in [-0.4, -0.2) is 31.1 Å². The third-order valence-electron chi connectivity index (χ3n) is 3.80. The molecule has 108 valence electrons. The Bertz CT molecular complexity index is 391. The monoisotopic (exact) mass is 346 g/mol. The maximum atomic E-state index is 3.54. The van der Waals surface area contributed by atoms with Gasteiger partial charge in [-0.3, -0.25) is 4.90 Å². The minimum Gasteiger partial charge on any atom is -0.316 e. The molecule has 1 aliphatic heterocycles. The van der Waals surface area contributed by atoms with Crippen molar-refractivity contribution < 1.29 is 0 Å². The van der Waals surface area contributed by atoms with Gasteiger partial charge in [-0.1, -0.05) is 41.9 Å². The molecule has 0 radical (unpaired) electrons. The molecule has 1 aliphatic rings. The predicted octanol–water partition coefficient (Wildman–Crippen LogP) is 3.69. The summed E-state index contributed by atoms with van der Waals surface area (Å²) in [5.74, 6) is 0. The van der Waals surface area contributed by atoms with Gasteiger partial charge < -0.3 is 5.32 Å². The Morgan fingerprint density at radius 3 is 2.79 bits per heavy atom. The average Bonchev–Trinajstić information content (AvgIpc) is 2.75. The minimum absolute atomic E-state index is 0. The van der Waals surface area contributed by atoms with E-state index < -0.39 is 0 Å². The second kappa shape index (κ2) is 7.63. The van der Waals surface area contributed by atoms with Crippen LogP contribution in [0.4, 0.5) is 0 Å². The van der Waals surface area contributed by atoms with Gasteiger partial charge in [0.25, 0.3) is 0 Å². The van der Waals surface area contributed by atoms with Crippen molar-refractivity contribution in [2.75, 3.05) is 26.2 Å². The lowest BCUT2D eigenvalue weighted by Gasteiger charge is -2.31. The van der Waals surface area contributed by atoms with Crippen LogP contribution >= 0.6 is 28.3 Å². The third-order valence-corrected chi connectivity index (χ3v) is 4.30. The summed E-state index contributed by atoms with van der Waals surface area (Å²) in [5.41, 5.74) is 1.84. The number of rotatable bonds is 5. The van der Waals surface area contributed by atoms with Gasteiger partial charge in [-0.15, -0.1) is 12.4 Å². The lowest BCUT2D eigenvalue weighted by atomic mass is 9.89. The average molecular weight is 348 g/mol. The lowest BCUT2D eigenvalue weighted by molar-refractivity contribution is 0.178. The molecule has 0 spiro atoms. The highest BCUT2D eigenvalue weighted by atomic mass is 79.9. The van der Waals surface area contributed by atoms with E-state index in [0.29, 0.717) is 5.41 Å². The van der Waals surface area contributed by atoms with Gasteiger partial charge in [-0.2, -0.15) is 0 Å². The molecule has 1 atom stereocenters.